The van der Waals surface area contributed by atoms with E-state index in [4.69, 9.17) is 0 Å². The van der Waals surface area contributed by atoms with Gasteiger partial charge in [0.2, 0.25) is 0 Å². The number of thiazole rings is 1. The predicted octanol–water partition coefficient (Wildman–Crippen LogP) is 2.88. The average Bonchev–Trinajstić information content (AvgIpc) is 3.01. The van der Waals surface area contributed by atoms with Crippen molar-refractivity contribution in [2.45, 2.75) is 20.4 Å². The number of nitrogens with zero attached hydrogens (tertiary/aromatic N) is 5. The lowest BCUT2D eigenvalue weighted by Gasteiger charge is -2.18. The van der Waals surface area contributed by atoms with Crippen LogP contribution in [0.15, 0.2) is 36.2 Å². The lowest BCUT2D eigenvalue weighted by atomic mass is 10.1. The molecule has 1 amide bonds. The van der Waals surface area contributed by atoms with Crippen molar-refractivity contribution in [2.75, 3.05) is 7.05 Å². The molecule has 0 aliphatic carbocycles. The third-order valence-corrected chi connectivity index (χ3v) is 4.57. The van der Waals surface area contributed by atoms with Crippen molar-refractivity contribution < 1.29 is 4.79 Å². The number of hydrogen-bond acceptors (Lipinski definition) is 6. The molecule has 0 N–H and O–H groups in total. The molecule has 0 spiro atoms. The second-order valence-corrected chi connectivity index (χ2v) is 6.30. The van der Waals surface area contributed by atoms with Crippen LogP contribution in [0.1, 0.15) is 26.9 Å². The molecule has 0 aliphatic rings. The van der Waals surface area contributed by atoms with Gasteiger partial charge in [0.25, 0.3) is 5.91 Å². The Morgan fingerprint density at radius 2 is 1.96 bits per heavy atom. The van der Waals surface area contributed by atoms with Crippen LogP contribution in [0.3, 0.4) is 0 Å². The van der Waals surface area contributed by atoms with Gasteiger partial charge < -0.3 is 4.90 Å². The molecule has 0 unspecified atom stereocenters. The van der Waals surface area contributed by atoms with Gasteiger partial charge in [0.05, 0.1) is 23.4 Å². The van der Waals surface area contributed by atoms with E-state index in [1.54, 1.807) is 36.0 Å². The van der Waals surface area contributed by atoms with Gasteiger partial charge in [-0.1, -0.05) is 0 Å². The third-order valence-electron chi connectivity index (χ3n) is 3.65. The summed E-state index contributed by atoms with van der Waals surface area (Å²) in [7, 11) is 1.77. The van der Waals surface area contributed by atoms with Gasteiger partial charge in [-0.05, 0) is 31.5 Å². The summed E-state index contributed by atoms with van der Waals surface area (Å²) in [5, 5.41) is 0. The van der Waals surface area contributed by atoms with Crippen LogP contribution in [0, 0.1) is 13.8 Å². The monoisotopic (exact) mass is 339 g/mol. The van der Waals surface area contributed by atoms with E-state index in [9.17, 15) is 4.79 Å². The molecule has 0 aliphatic heterocycles. The summed E-state index contributed by atoms with van der Waals surface area (Å²) >= 11 is 1.36. The third kappa shape index (κ3) is 3.30. The Labute approximate surface area is 144 Å². The largest absolute Gasteiger partial charge is 0.335 e. The van der Waals surface area contributed by atoms with E-state index < -0.39 is 0 Å². The van der Waals surface area contributed by atoms with Gasteiger partial charge >= 0.3 is 0 Å². The highest BCUT2D eigenvalue weighted by Gasteiger charge is 2.19. The van der Waals surface area contributed by atoms with Crippen LogP contribution >= 0.6 is 11.3 Å². The van der Waals surface area contributed by atoms with Crippen molar-refractivity contribution in [2.24, 2.45) is 0 Å². The van der Waals surface area contributed by atoms with Gasteiger partial charge in [0, 0.05) is 31.2 Å². The molecule has 0 aromatic carbocycles. The first-order chi connectivity index (χ1) is 11.6. The zero-order valence-electron chi connectivity index (χ0n) is 13.7. The first-order valence-electron chi connectivity index (χ1n) is 7.44. The quantitative estimate of drug-likeness (QED) is 0.731. The number of carbonyl (C=O) groups is 1. The molecule has 3 aromatic rings. The number of aromatic nitrogens is 4. The van der Waals surface area contributed by atoms with E-state index in [1.165, 1.54) is 11.3 Å². The summed E-state index contributed by atoms with van der Waals surface area (Å²) in [6, 6.07) is 3.82. The molecule has 7 heteroatoms. The Kier molecular flexibility index (Phi) is 4.61. The molecule has 3 rings (SSSR count). The maximum absolute atomic E-state index is 12.6. The number of hydrogen-bond donors (Lipinski definition) is 0. The standard InChI is InChI=1S/C17H17N5OS/c1-11-16(24-10-20-11)17(23)22(3)9-15-14(8-19-12(2)21-15)13-4-6-18-7-5-13/h4-8,10H,9H2,1-3H3. The predicted molar refractivity (Wildman–Crippen MR) is 92.6 cm³/mol. The van der Waals surface area contributed by atoms with E-state index in [0.717, 1.165) is 22.5 Å². The van der Waals surface area contributed by atoms with Gasteiger partial charge in [-0.25, -0.2) is 15.0 Å². The van der Waals surface area contributed by atoms with Crippen LogP contribution in [-0.4, -0.2) is 37.8 Å². The molecule has 0 saturated heterocycles. The highest BCUT2D eigenvalue weighted by Crippen LogP contribution is 2.23. The molecular formula is C17H17N5OS. The van der Waals surface area contributed by atoms with Crippen molar-refractivity contribution in [1.82, 2.24) is 24.8 Å². The molecule has 0 radical (unpaired) electrons. The van der Waals surface area contributed by atoms with Gasteiger partial charge in [0.15, 0.2) is 0 Å². The van der Waals surface area contributed by atoms with Crippen LogP contribution in [0.5, 0.6) is 0 Å². The molecule has 0 atom stereocenters. The fourth-order valence-electron chi connectivity index (χ4n) is 2.39. The summed E-state index contributed by atoms with van der Waals surface area (Å²) in [5.74, 6) is 0.629. The Balaban J connectivity index is 1.91. The zero-order valence-corrected chi connectivity index (χ0v) is 14.5. The maximum Gasteiger partial charge on any atom is 0.265 e. The van der Waals surface area contributed by atoms with Crippen molar-refractivity contribution in [1.29, 1.82) is 0 Å². The fourth-order valence-corrected chi connectivity index (χ4v) is 3.18. The molecule has 6 nitrogen and oxygen atoms in total. The Hall–Kier alpha value is -2.67. The number of pyridine rings is 1. The smallest absolute Gasteiger partial charge is 0.265 e. The first kappa shape index (κ1) is 16.2. The van der Waals surface area contributed by atoms with Crippen molar-refractivity contribution in [3.63, 3.8) is 0 Å². The SMILES string of the molecule is Cc1ncc(-c2ccncc2)c(CN(C)C(=O)c2scnc2C)n1. The summed E-state index contributed by atoms with van der Waals surface area (Å²) in [5.41, 5.74) is 5.14. The lowest BCUT2D eigenvalue weighted by molar-refractivity contribution is 0.0787. The molecule has 3 aromatic heterocycles. The Morgan fingerprint density at radius 3 is 2.62 bits per heavy atom. The number of amides is 1. The van der Waals surface area contributed by atoms with E-state index in [1.807, 2.05) is 26.0 Å². The normalized spacial score (nSPS) is 10.6. The highest BCUT2D eigenvalue weighted by atomic mass is 32.1. The number of aryl methyl sites for hydroxylation is 2. The number of rotatable bonds is 4. The highest BCUT2D eigenvalue weighted by molar-refractivity contribution is 7.11. The average molecular weight is 339 g/mol. The van der Waals surface area contributed by atoms with E-state index in [0.29, 0.717) is 17.2 Å². The van der Waals surface area contributed by atoms with E-state index in [2.05, 4.69) is 19.9 Å². The van der Waals surface area contributed by atoms with Crippen LogP contribution in [-0.2, 0) is 6.54 Å². The van der Waals surface area contributed by atoms with Gasteiger partial charge in [-0.15, -0.1) is 11.3 Å². The molecule has 0 saturated carbocycles. The van der Waals surface area contributed by atoms with Crippen LogP contribution in [0.25, 0.3) is 11.1 Å². The van der Waals surface area contributed by atoms with Crippen molar-refractivity contribution >= 4 is 17.2 Å². The van der Waals surface area contributed by atoms with Crippen molar-refractivity contribution in [3.8, 4) is 11.1 Å². The number of carbonyl (C=O) groups excluding carboxylic acids is 1. The maximum atomic E-state index is 12.6. The fraction of sp³-hybridized carbons (Fsp3) is 0.235. The Morgan fingerprint density at radius 1 is 1.21 bits per heavy atom. The van der Waals surface area contributed by atoms with Crippen LogP contribution in [0.2, 0.25) is 0 Å². The molecular weight excluding hydrogens is 322 g/mol. The van der Waals surface area contributed by atoms with Gasteiger partial charge in [-0.3, -0.25) is 9.78 Å². The van der Waals surface area contributed by atoms with Crippen LogP contribution in [0.4, 0.5) is 0 Å². The van der Waals surface area contributed by atoms with Gasteiger partial charge in [-0.2, -0.15) is 0 Å². The zero-order chi connectivity index (χ0) is 17.1. The summed E-state index contributed by atoms with van der Waals surface area (Å²) in [6.45, 7) is 4.08. The van der Waals surface area contributed by atoms with Crippen molar-refractivity contribution in [3.05, 3.63) is 58.3 Å². The summed E-state index contributed by atoms with van der Waals surface area (Å²) < 4.78 is 0. The summed E-state index contributed by atoms with van der Waals surface area (Å²) in [6.07, 6.45) is 5.26. The topological polar surface area (TPSA) is 71.9 Å². The molecule has 122 valence electrons. The second kappa shape index (κ2) is 6.84. The second-order valence-electron chi connectivity index (χ2n) is 5.44. The molecule has 24 heavy (non-hydrogen) atoms. The lowest BCUT2D eigenvalue weighted by Crippen LogP contribution is -2.27. The molecule has 0 fully saturated rings. The Bertz CT molecular complexity index is 862. The van der Waals surface area contributed by atoms with E-state index in [-0.39, 0.29) is 5.91 Å². The first-order valence-corrected chi connectivity index (χ1v) is 8.32. The van der Waals surface area contributed by atoms with Crippen LogP contribution < -0.4 is 0 Å². The minimum absolute atomic E-state index is 0.0491. The minimum atomic E-state index is -0.0491. The minimum Gasteiger partial charge on any atom is -0.335 e. The molecule has 0 bridgehead atoms. The summed E-state index contributed by atoms with van der Waals surface area (Å²) in [4.78, 5) is 31.9. The van der Waals surface area contributed by atoms with E-state index >= 15 is 0 Å². The molecule has 3 heterocycles. The van der Waals surface area contributed by atoms with Gasteiger partial charge in [0.1, 0.15) is 10.7 Å².